The van der Waals surface area contributed by atoms with Gasteiger partial charge in [-0.2, -0.15) is 10.1 Å². The summed E-state index contributed by atoms with van der Waals surface area (Å²) in [5.41, 5.74) is -0.326. The molecular formula is C13H17N7O3. The van der Waals surface area contributed by atoms with Gasteiger partial charge in [0.2, 0.25) is 5.89 Å². The van der Waals surface area contributed by atoms with E-state index in [0.717, 1.165) is 32.2 Å². The number of amides is 1. The molecule has 0 aromatic carbocycles. The van der Waals surface area contributed by atoms with Crippen LogP contribution in [0.15, 0.2) is 9.32 Å². The molecule has 1 aliphatic heterocycles. The van der Waals surface area contributed by atoms with Crippen LogP contribution in [-0.4, -0.2) is 48.7 Å². The van der Waals surface area contributed by atoms with Crippen LogP contribution in [0.3, 0.4) is 0 Å². The fraction of sp³-hybridized carbons (Fsp3) is 0.615. The normalized spacial score (nSPS) is 21.7. The fourth-order valence-corrected chi connectivity index (χ4v) is 2.81. The average molecular weight is 319 g/mol. The van der Waals surface area contributed by atoms with Crippen LogP contribution in [0.2, 0.25) is 0 Å². The van der Waals surface area contributed by atoms with Gasteiger partial charge in [-0.25, -0.2) is 9.89 Å². The van der Waals surface area contributed by atoms with Gasteiger partial charge in [-0.1, -0.05) is 5.16 Å². The van der Waals surface area contributed by atoms with E-state index in [4.69, 9.17) is 4.52 Å². The Bertz CT molecular complexity index is 759. The van der Waals surface area contributed by atoms with Gasteiger partial charge in [0.1, 0.15) is 5.82 Å². The van der Waals surface area contributed by atoms with Crippen LogP contribution in [0.1, 0.15) is 54.1 Å². The SMILES string of the molecule is O=C(NC1CC1)c1noc(C2CCCN2Cc2n[nH]c(=O)[nH]2)n1. The molecule has 3 N–H and O–H groups in total. The van der Waals surface area contributed by atoms with Gasteiger partial charge in [0.25, 0.3) is 11.7 Å². The Morgan fingerprint density at radius 1 is 1.39 bits per heavy atom. The maximum Gasteiger partial charge on any atom is 0.340 e. The molecule has 2 fully saturated rings. The number of carbonyl (C=O) groups excluding carboxylic acids is 1. The summed E-state index contributed by atoms with van der Waals surface area (Å²) in [4.78, 5) is 32.0. The van der Waals surface area contributed by atoms with Crippen molar-refractivity contribution in [2.45, 2.75) is 44.3 Å². The molecule has 1 saturated heterocycles. The van der Waals surface area contributed by atoms with Crippen molar-refractivity contribution in [1.29, 1.82) is 0 Å². The number of hydrogen-bond acceptors (Lipinski definition) is 7. The minimum atomic E-state index is -0.326. The topological polar surface area (TPSA) is 133 Å². The van der Waals surface area contributed by atoms with Gasteiger partial charge in [0.15, 0.2) is 0 Å². The Labute approximate surface area is 130 Å². The van der Waals surface area contributed by atoms with Crippen LogP contribution < -0.4 is 11.0 Å². The Balaban J connectivity index is 1.46. The second kappa shape index (κ2) is 5.61. The standard InChI is InChI=1S/C13H17N7O3/c21-11(14-7-3-4-7)10-16-12(23-19-10)8-2-1-5-20(8)6-9-15-13(22)18-17-9/h7-8H,1-6H2,(H,14,21)(H2,15,17,18,22). The molecule has 10 nitrogen and oxygen atoms in total. The predicted octanol–water partition coefficient (Wildman–Crippen LogP) is -0.290. The highest BCUT2D eigenvalue weighted by Crippen LogP contribution is 2.31. The first-order valence-electron chi connectivity index (χ1n) is 7.71. The average Bonchev–Trinajstić information content (AvgIpc) is 2.96. The molecule has 122 valence electrons. The molecule has 0 radical (unpaired) electrons. The van der Waals surface area contributed by atoms with Crippen LogP contribution in [-0.2, 0) is 6.54 Å². The molecule has 0 bridgehead atoms. The summed E-state index contributed by atoms with van der Waals surface area (Å²) in [5.74, 6) is 0.782. The smallest absolute Gasteiger partial charge is 0.340 e. The van der Waals surface area contributed by atoms with Gasteiger partial charge in [0.05, 0.1) is 12.6 Å². The summed E-state index contributed by atoms with van der Waals surface area (Å²) in [6, 6.07) is 0.189. The van der Waals surface area contributed by atoms with Crippen molar-refractivity contribution in [2.24, 2.45) is 0 Å². The Morgan fingerprint density at radius 3 is 3.00 bits per heavy atom. The summed E-state index contributed by atoms with van der Waals surface area (Å²) in [6.45, 7) is 1.32. The minimum Gasteiger partial charge on any atom is -0.346 e. The van der Waals surface area contributed by atoms with Crippen LogP contribution in [0, 0.1) is 0 Å². The predicted molar refractivity (Wildman–Crippen MR) is 76.4 cm³/mol. The highest BCUT2D eigenvalue weighted by atomic mass is 16.5. The summed E-state index contributed by atoms with van der Waals surface area (Å²) in [5, 5.41) is 12.9. The largest absolute Gasteiger partial charge is 0.346 e. The van der Waals surface area contributed by atoms with Gasteiger partial charge in [-0.3, -0.25) is 14.7 Å². The molecule has 2 aromatic heterocycles. The number of nitrogens with one attached hydrogen (secondary N) is 3. The zero-order valence-electron chi connectivity index (χ0n) is 12.4. The monoisotopic (exact) mass is 319 g/mol. The number of likely N-dealkylation sites (tertiary alicyclic amines) is 1. The highest BCUT2D eigenvalue weighted by molar-refractivity contribution is 5.90. The lowest BCUT2D eigenvalue weighted by atomic mass is 10.2. The van der Waals surface area contributed by atoms with Crippen LogP contribution in [0.25, 0.3) is 0 Å². The fourth-order valence-electron chi connectivity index (χ4n) is 2.81. The molecule has 2 aliphatic rings. The first-order chi connectivity index (χ1) is 11.2. The Morgan fingerprint density at radius 2 is 2.26 bits per heavy atom. The summed E-state index contributed by atoms with van der Waals surface area (Å²) < 4.78 is 5.28. The van der Waals surface area contributed by atoms with Crippen molar-refractivity contribution in [1.82, 2.24) is 35.5 Å². The summed E-state index contributed by atoms with van der Waals surface area (Å²) in [6.07, 6.45) is 3.86. The first kappa shape index (κ1) is 14.1. The number of aromatic nitrogens is 5. The molecule has 2 aromatic rings. The number of H-pyrrole nitrogens is 2. The van der Waals surface area contributed by atoms with E-state index in [1.54, 1.807) is 0 Å². The van der Waals surface area contributed by atoms with E-state index in [9.17, 15) is 9.59 Å². The molecule has 1 aliphatic carbocycles. The van der Waals surface area contributed by atoms with Gasteiger partial charge < -0.3 is 9.84 Å². The van der Waals surface area contributed by atoms with Crippen LogP contribution in [0.4, 0.5) is 0 Å². The van der Waals surface area contributed by atoms with E-state index < -0.39 is 0 Å². The Hall–Kier alpha value is -2.49. The lowest BCUT2D eigenvalue weighted by Gasteiger charge is -2.19. The van der Waals surface area contributed by atoms with Crippen molar-refractivity contribution in [3.63, 3.8) is 0 Å². The second-order valence-corrected chi connectivity index (χ2v) is 5.96. The summed E-state index contributed by atoms with van der Waals surface area (Å²) in [7, 11) is 0. The molecular weight excluding hydrogens is 302 g/mol. The number of aromatic amines is 2. The van der Waals surface area contributed by atoms with Crippen molar-refractivity contribution >= 4 is 5.91 Å². The lowest BCUT2D eigenvalue weighted by molar-refractivity contribution is 0.0937. The van der Waals surface area contributed by atoms with Crippen molar-refractivity contribution in [3.8, 4) is 0 Å². The molecule has 1 saturated carbocycles. The Kier molecular flexibility index (Phi) is 3.45. The number of rotatable bonds is 5. The number of hydrogen-bond donors (Lipinski definition) is 3. The molecule has 1 amide bonds. The quantitative estimate of drug-likeness (QED) is 0.689. The van der Waals surface area contributed by atoms with E-state index >= 15 is 0 Å². The molecule has 0 spiro atoms. The number of nitrogens with zero attached hydrogens (tertiary/aromatic N) is 4. The van der Waals surface area contributed by atoms with Crippen LogP contribution in [0.5, 0.6) is 0 Å². The zero-order chi connectivity index (χ0) is 15.8. The third-order valence-electron chi connectivity index (χ3n) is 4.11. The minimum absolute atomic E-state index is 0.0647. The molecule has 1 unspecified atom stereocenters. The zero-order valence-corrected chi connectivity index (χ0v) is 12.4. The van der Waals surface area contributed by atoms with Gasteiger partial charge in [-0.05, 0) is 32.2 Å². The van der Waals surface area contributed by atoms with E-state index in [2.05, 4.69) is 35.5 Å². The van der Waals surface area contributed by atoms with E-state index in [-0.39, 0.29) is 29.5 Å². The third kappa shape index (κ3) is 3.02. The van der Waals surface area contributed by atoms with Gasteiger partial charge in [0, 0.05) is 6.04 Å². The van der Waals surface area contributed by atoms with E-state index in [1.807, 2.05) is 0 Å². The highest BCUT2D eigenvalue weighted by Gasteiger charge is 2.33. The second-order valence-electron chi connectivity index (χ2n) is 5.96. The molecule has 3 heterocycles. The van der Waals surface area contributed by atoms with Crippen molar-refractivity contribution < 1.29 is 9.32 Å². The van der Waals surface area contributed by atoms with E-state index in [0.29, 0.717) is 18.3 Å². The van der Waals surface area contributed by atoms with Crippen LogP contribution >= 0.6 is 0 Å². The van der Waals surface area contributed by atoms with Gasteiger partial charge in [-0.15, -0.1) is 0 Å². The van der Waals surface area contributed by atoms with Crippen molar-refractivity contribution in [2.75, 3.05) is 6.54 Å². The summed E-state index contributed by atoms with van der Waals surface area (Å²) >= 11 is 0. The molecule has 23 heavy (non-hydrogen) atoms. The maximum absolute atomic E-state index is 11.9. The molecule has 10 heteroatoms. The first-order valence-corrected chi connectivity index (χ1v) is 7.71. The molecule has 1 atom stereocenters. The third-order valence-corrected chi connectivity index (χ3v) is 4.11. The van der Waals surface area contributed by atoms with E-state index in [1.165, 1.54) is 0 Å². The van der Waals surface area contributed by atoms with Crippen molar-refractivity contribution in [3.05, 3.63) is 28.0 Å². The molecule has 4 rings (SSSR count). The lowest BCUT2D eigenvalue weighted by Crippen LogP contribution is -2.27. The number of carbonyl (C=O) groups is 1. The maximum atomic E-state index is 11.9. The van der Waals surface area contributed by atoms with Gasteiger partial charge >= 0.3 is 5.69 Å².